The summed E-state index contributed by atoms with van der Waals surface area (Å²) in [6.07, 6.45) is 1.54. The minimum Gasteiger partial charge on any atom is -0.324 e. The van der Waals surface area contributed by atoms with Crippen LogP contribution in [0.2, 0.25) is 0 Å². The minimum atomic E-state index is 0.134. The first kappa shape index (κ1) is 13.1. The Labute approximate surface area is 109 Å². The standard InChI is InChI=1S/C15H21N3/c1-11(2)18(9-5-8-16)15-10-14(17)12-6-3-4-7-13(12)15/h3-4,6-7,11,14-15H,5,9-10,17H2,1-2H3. The molecule has 1 aromatic carbocycles. The molecule has 0 aromatic heterocycles. The van der Waals surface area contributed by atoms with E-state index in [1.165, 1.54) is 11.1 Å². The average Bonchev–Trinajstić information content (AvgIpc) is 2.68. The van der Waals surface area contributed by atoms with Gasteiger partial charge in [-0.05, 0) is 31.4 Å². The molecular weight excluding hydrogens is 222 g/mol. The van der Waals surface area contributed by atoms with Crippen LogP contribution in [0.1, 0.15) is 49.9 Å². The van der Waals surface area contributed by atoms with Crippen molar-refractivity contribution >= 4 is 0 Å². The van der Waals surface area contributed by atoms with E-state index in [-0.39, 0.29) is 6.04 Å². The predicted molar refractivity (Wildman–Crippen MR) is 72.8 cm³/mol. The lowest BCUT2D eigenvalue weighted by Gasteiger charge is -2.32. The van der Waals surface area contributed by atoms with Crippen LogP contribution in [0, 0.1) is 11.3 Å². The van der Waals surface area contributed by atoms with Gasteiger partial charge in [-0.2, -0.15) is 5.26 Å². The first-order valence-corrected chi connectivity index (χ1v) is 6.62. The van der Waals surface area contributed by atoms with Crippen molar-refractivity contribution < 1.29 is 0 Å². The Kier molecular flexibility index (Phi) is 4.00. The third kappa shape index (κ3) is 2.40. The summed E-state index contributed by atoms with van der Waals surface area (Å²) in [6, 6.07) is 11.6. The fourth-order valence-electron chi connectivity index (χ4n) is 2.91. The summed E-state index contributed by atoms with van der Waals surface area (Å²) in [4.78, 5) is 2.40. The van der Waals surface area contributed by atoms with Gasteiger partial charge in [-0.1, -0.05) is 24.3 Å². The van der Waals surface area contributed by atoms with E-state index in [0.29, 0.717) is 18.5 Å². The smallest absolute Gasteiger partial charge is 0.0635 e. The first-order chi connectivity index (χ1) is 8.65. The maximum Gasteiger partial charge on any atom is 0.0635 e. The SMILES string of the molecule is CC(C)N(CCC#N)C1CC(N)c2ccccc21. The number of rotatable bonds is 4. The third-order valence-electron chi connectivity index (χ3n) is 3.78. The number of nitrogens with zero attached hydrogens (tertiary/aromatic N) is 2. The van der Waals surface area contributed by atoms with Gasteiger partial charge in [-0.3, -0.25) is 4.90 Å². The van der Waals surface area contributed by atoms with Crippen LogP contribution in [0.3, 0.4) is 0 Å². The van der Waals surface area contributed by atoms with Gasteiger partial charge < -0.3 is 5.73 Å². The maximum absolute atomic E-state index is 8.79. The quantitative estimate of drug-likeness (QED) is 0.884. The van der Waals surface area contributed by atoms with Crippen molar-refractivity contribution in [2.75, 3.05) is 6.54 Å². The van der Waals surface area contributed by atoms with Gasteiger partial charge in [0.2, 0.25) is 0 Å². The maximum atomic E-state index is 8.79. The van der Waals surface area contributed by atoms with Crippen LogP contribution < -0.4 is 5.73 Å². The Hall–Kier alpha value is -1.37. The molecule has 2 N–H and O–H groups in total. The molecule has 0 radical (unpaired) electrons. The molecule has 1 aromatic rings. The molecule has 0 amide bonds. The van der Waals surface area contributed by atoms with E-state index < -0.39 is 0 Å². The zero-order valence-electron chi connectivity index (χ0n) is 11.1. The molecule has 1 aliphatic carbocycles. The number of hydrogen-bond acceptors (Lipinski definition) is 3. The number of nitriles is 1. The summed E-state index contributed by atoms with van der Waals surface area (Å²) in [6.45, 7) is 5.19. The van der Waals surface area contributed by atoms with Crippen LogP contribution in [0.15, 0.2) is 24.3 Å². The van der Waals surface area contributed by atoms with Crippen molar-refractivity contribution in [3.63, 3.8) is 0 Å². The molecule has 0 heterocycles. The van der Waals surface area contributed by atoms with Gasteiger partial charge in [0.25, 0.3) is 0 Å². The summed E-state index contributed by atoms with van der Waals surface area (Å²) >= 11 is 0. The third-order valence-corrected chi connectivity index (χ3v) is 3.78. The second-order valence-corrected chi connectivity index (χ2v) is 5.23. The minimum absolute atomic E-state index is 0.134. The van der Waals surface area contributed by atoms with Crippen molar-refractivity contribution in [2.45, 2.75) is 44.8 Å². The lowest BCUT2D eigenvalue weighted by molar-refractivity contribution is 0.152. The zero-order valence-corrected chi connectivity index (χ0v) is 11.1. The highest BCUT2D eigenvalue weighted by Crippen LogP contribution is 2.41. The Balaban J connectivity index is 2.25. The molecule has 18 heavy (non-hydrogen) atoms. The van der Waals surface area contributed by atoms with E-state index in [9.17, 15) is 0 Å². The average molecular weight is 243 g/mol. The summed E-state index contributed by atoms with van der Waals surface area (Å²) in [5.74, 6) is 0. The van der Waals surface area contributed by atoms with E-state index in [0.717, 1.165) is 13.0 Å². The Morgan fingerprint density at radius 2 is 2.06 bits per heavy atom. The normalized spacial score (nSPS) is 22.2. The molecule has 2 unspecified atom stereocenters. The highest BCUT2D eigenvalue weighted by Gasteiger charge is 2.33. The van der Waals surface area contributed by atoms with Crippen LogP contribution in [0.4, 0.5) is 0 Å². The lowest BCUT2D eigenvalue weighted by Crippen LogP contribution is -2.35. The van der Waals surface area contributed by atoms with Crippen LogP contribution in [-0.2, 0) is 0 Å². The Bertz CT molecular complexity index is 447. The Morgan fingerprint density at radius 3 is 2.67 bits per heavy atom. The summed E-state index contributed by atoms with van der Waals surface area (Å²) < 4.78 is 0. The van der Waals surface area contributed by atoms with Crippen LogP contribution >= 0.6 is 0 Å². The fraction of sp³-hybridized carbons (Fsp3) is 0.533. The molecule has 0 saturated carbocycles. The van der Waals surface area contributed by atoms with E-state index in [1.54, 1.807) is 0 Å². The molecule has 0 bridgehead atoms. The number of benzene rings is 1. The fourth-order valence-corrected chi connectivity index (χ4v) is 2.91. The van der Waals surface area contributed by atoms with E-state index in [1.807, 2.05) is 0 Å². The van der Waals surface area contributed by atoms with E-state index in [4.69, 9.17) is 11.0 Å². The van der Waals surface area contributed by atoms with Crippen LogP contribution in [-0.4, -0.2) is 17.5 Å². The van der Waals surface area contributed by atoms with E-state index in [2.05, 4.69) is 49.1 Å². The van der Waals surface area contributed by atoms with Crippen molar-refractivity contribution in [1.82, 2.24) is 4.90 Å². The van der Waals surface area contributed by atoms with Gasteiger partial charge in [0, 0.05) is 31.1 Å². The van der Waals surface area contributed by atoms with Gasteiger partial charge in [-0.25, -0.2) is 0 Å². The number of hydrogen-bond donors (Lipinski definition) is 1. The topological polar surface area (TPSA) is 53.0 Å². The van der Waals surface area contributed by atoms with Crippen molar-refractivity contribution in [3.8, 4) is 6.07 Å². The molecule has 3 heteroatoms. The zero-order chi connectivity index (χ0) is 13.1. The van der Waals surface area contributed by atoms with Crippen LogP contribution in [0.5, 0.6) is 0 Å². The van der Waals surface area contributed by atoms with Gasteiger partial charge in [0.05, 0.1) is 6.07 Å². The lowest BCUT2D eigenvalue weighted by atomic mass is 10.1. The molecule has 0 spiro atoms. The number of nitrogens with two attached hydrogens (primary N) is 1. The van der Waals surface area contributed by atoms with Crippen molar-refractivity contribution in [3.05, 3.63) is 35.4 Å². The molecule has 2 atom stereocenters. The second-order valence-electron chi connectivity index (χ2n) is 5.23. The molecule has 96 valence electrons. The molecule has 2 rings (SSSR count). The van der Waals surface area contributed by atoms with Crippen LogP contribution in [0.25, 0.3) is 0 Å². The monoisotopic (exact) mass is 243 g/mol. The van der Waals surface area contributed by atoms with Gasteiger partial charge in [-0.15, -0.1) is 0 Å². The van der Waals surface area contributed by atoms with Gasteiger partial charge in [0.1, 0.15) is 0 Å². The molecule has 3 nitrogen and oxygen atoms in total. The molecule has 0 saturated heterocycles. The summed E-state index contributed by atoms with van der Waals surface area (Å²) in [5.41, 5.74) is 8.82. The highest BCUT2D eigenvalue weighted by atomic mass is 15.2. The van der Waals surface area contributed by atoms with E-state index >= 15 is 0 Å². The molecular formula is C15H21N3. The largest absolute Gasteiger partial charge is 0.324 e. The molecule has 0 fully saturated rings. The van der Waals surface area contributed by atoms with Gasteiger partial charge >= 0.3 is 0 Å². The number of fused-ring (bicyclic) bond motifs is 1. The molecule has 1 aliphatic rings. The predicted octanol–water partition coefficient (Wildman–Crippen LogP) is 2.76. The van der Waals surface area contributed by atoms with Gasteiger partial charge in [0.15, 0.2) is 0 Å². The summed E-state index contributed by atoms with van der Waals surface area (Å²) in [5, 5.41) is 8.79. The summed E-state index contributed by atoms with van der Waals surface area (Å²) in [7, 11) is 0. The molecule has 0 aliphatic heterocycles. The second kappa shape index (κ2) is 5.51. The van der Waals surface area contributed by atoms with Crippen molar-refractivity contribution in [1.29, 1.82) is 5.26 Å². The van der Waals surface area contributed by atoms with Crippen molar-refractivity contribution in [2.24, 2.45) is 5.73 Å². The highest BCUT2D eigenvalue weighted by molar-refractivity contribution is 5.37. The Morgan fingerprint density at radius 1 is 1.39 bits per heavy atom. The first-order valence-electron chi connectivity index (χ1n) is 6.62.